The van der Waals surface area contributed by atoms with Crippen LogP contribution in [0.3, 0.4) is 0 Å². The molecular formula is C14H20ClF2N5O. The fraction of sp³-hybridized carbons (Fsp3) is 0.429. The lowest BCUT2D eigenvalue weighted by molar-refractivity contribution is -0.0497. The van der Waals surface area contributed by atoms with Crippen molar-refractivity contribution < 1.29 is 13.5 Å². The van der Waals surface area contributed by atoms with Crippen LogP contribution in [0.5, 0.6) is 5.75 Å². The zero-order valence-corrected chi connectivity index (χ0v) is 13.3. The Bertz CT molecular complexity index is 538. The van der Waals surface area contributed by atoms with E-state index in [1.807, 2.05) is 4.90 Å². The fourth-order valence-corrected chi connectivity index (χ4v) is 2.24. The molecule has 0 atom stereocenters. The van der Waals surface area contributed by atoms with Gasteiger partial charge in [0.15, 0.2) is 11.9 Å². The van der Waals surface area contributed by atoms with Gasteiger partial charge in [-0.25, -0.2) is 0 Å². The molecule has 4 N–H and O–H groups in total. The molecule has 0 radical (unpaired) electrons. The monoisotopic (exact) mass is 347 g/mol. The van der Waals surface area contributed by atoms with Crippen LogP contribution in [0, 0.1) is 10.8 Å². The zero-order chi connectivity index (χ0) is 15.9. The Hall–Kier alpha value is -2.09. The predicted molar refractivity (Wildman–Crippen MR) is 88.0 cm³/mol. The highest BCUT2D eigenvalue weighted by molar-refractivity contribution is 6.02. The van der Waals surface area contributed by atoms with E-state index in [0.29, 0.717) is 5.69 Å². The number of piperidine rings is 1. The Labute approximate surface area is 139 Å². The molecule has 1 aromatic carbocycles. The van der Waals surface area contributed by atoms with Gasteiger partial charge in [-0.05, 0) is 31.4 Å². The van der Waals surface area contributed by atoms with Crippen LogP contribution in [-0.2, 0) is 0 Å². The molecule has 128 valence electrons. The van der Waals surface area contributed by atoms with E-state index in [1.165, 1.54) is 12.1 Å². The number of anilines is 1. The van der Waals surface area contributed by atoms with Gasteiger partial charge in [0.2, 0.25) is 0 Å². The normalized spacial score (nSPS) is 14.0. The highest BCUT2D eigenvalue weighted by Gasteiger charge is 2.14. The lowest BCUT2D eigenvalue weighted by Gasteiger charge is -2.29. The molecular weight excluding hydrogens is 328 g/mol. The van der Waals surface area contributed by atoms with Crippen molar-refractivity contribution in [3.8, 4) is 5.75 Å². The Morgan fingerprint density at radius 2 is 1.87 bits per heavy atom. The molecule has 0 amide bonds. The first-order valence-corrected chi connectivity index (χ1v) is 7.05. The number of hydrogen-bond donors (Lipinski definition) is 4. The first-order valence-electron chi connectivity index (χ1n) is 7.05. The number of halogens is 3. The molecule has 1 heterocycles. The van der Waals surface area contributed by atoms with Gasteiger partial charge < -0.3 is 15.0 Å². The molecule has 1 aliphatic rings. The summed E-state index contributed by atoms with van der Waals surface area (Å²) >= 11 is 0. The Morgan fingerprint density at radius 1 is 1.17 bits per heavy atom. The first kappa shape index (κ1) is 19.0. The summed E-state index contributed by atoms with van der Waals surface area (Å²) in [5.74, 6) is 0.0841. The van der Waals surface area contributed by atoms with Gasteiger partial charge in [0.05, 0.1) is 0 Å². The number of nitrogens with one attached hydrogen (secondary N) is 4. The summed E-state index contributed by atoms with van der Waals surface area (Å²) in [6.45, 7) is -1.28. The van der Waals surface area contributed by atoms with Gasteiger partial charge in [-0.15, -0.1) is 12.4 Å². The molecule has 0 aliphatic carbocycles. The minimum absolute atomic E-state index is 0. The second kappa shape index (κ2) is 9.14. The number of nitrogens with zero attached hydrogens (tertiary/aromatic N) is 1. The van der Waals surface area contributed by atoms with Crippen LogP contribution in [0.1, 0.15) is 19.3 Å². The Morgan fingerprint density at radius 3 is 2.52 bits per heavy atom. The van der Waals surface area contributed by atoms with Crippen molar-refractivity contribution in [3.63, 3.8) is 0 Å². The minimum atomic E-state index is -2.89. The molecule has 0 bridgehead atoms. The number of benzene rings is 1. The number of guanidine groups is 2. The van der Waals surface area contributed by atoms with Crippen molar-refractivity contribution in [2.24, 2.45) is 0 Å². The molecule has 9 heteroatoms. The fourth-order valence-electron chi connectivity index (χ4n) is 2.24. The van der Waals surface area contributed by atoms with E-state index in [9.17, 15) is 8.78 Å². The number of alkyl halides is 2. The van der Waals surface area contributed by atoms with Crippen LogP contribution in [-0.4, -0.2) is 36.5 Å². The van der Waals surface area contributed by atoms with Crippen molar-refractivity contribution in [2.75, 3.05) is 18.4 Å². The maximum Gasteiger partial charge on any atom is 0.387 e. The maximum atomic E-state index is 12.2. The highest BCUT2D eigenvalue weighted by Crippen LogP contribution is 2.19. The third-order valence-corrected chi connectivity index (χ3v) is 3.24. The summed E-state index contributed by atoms with van der Waals surface area (Å²) in [5.41, 5.74) is 0.432. The summed E-state index contributed by atoms with van der Waals surface area (Å²) in [7, 11) is 0. The molecule has 0 unspecified atom stereocenters. The molecule has 2 rings (SSSR count). The summed E-state index contributed by atoms with van der Waals surface area (Å²) in [5, 5.41) is 21.1. The number of rotatable bonds is 3. The average Bonchev–Trinajstić information content (AvgIpc) is 2.47. The Balaban J connectivity index is 0.00000264. The smallest absolute Gasteiger partial charge is 0.387 e. The lowest BCUT2D eigenvalue weighted by Crippen LogP contribution is -2.47. The summed E-state index contributed by atoms with van der Waals surface area (Å²) in [6.07, 6.45) is 3.24. The van der Waals surface area contributed by atoms with Crippen LogP contribution in [0.4, 0.5) is 14.5 Å². The van der Waals surface area contributed by atoms with Crippen molar-refractivity contribution in [2.45, 2.75) is 25.9 Å². The third kappa shape index (κ3) is 6.27. The van der Waals surface area contributed by atoms with Gasteiger partial charge in [-0.3, -0.25) is 16.1 Å². The van der Waals surface area contributed by atoms with Crippen LogP contribution in [0.2, 0.25) is 0 Å². The van der Waals surface area contributed by atoms with Gasteiger partial charge in [0.25, 0.3) is 0 Å². The number of likely N-dealkylation sites (tertiary alicyclic amines) is 1. The standard InChI is InChI=1S/C14H19F2N5O.ClH/c15-12(16)22-11-6-4-5-10(9-11)19-13(17)20-14(18)21-7-2-1-3-8-21;/h4-6,9,12H,1-3,7-8H2,(H4,17,18,19,20);1H. The predicted octanol–water partition coefficient (Wildman–Crippen LogP) is 3.07. The molecule has 0 aromatic heterocycles. The van der Waals surface area contributed by atoms with E-state index in [0.717, 1.165) is 32.4 Å². The first-order chi connectivity index (χ1) is 10.5. The molecule has 1 aliphatic heterocycles. The average molecular weight is 348 g/mol. The van der Waals surface area contributed by atoms with Crippen molar-refractivity contribution in [1.82, 2.24) is 10.2 Å². The molecule has 1 aromatic rings. The van der Waals surface area contributed by atoms with E-state index in [1.54, 1.807) is 12.1 Å². The van der Waals surface area contributed by atoms with Crippen LogP contribution >= 0.6 is 12.4 Å². The second-order valence-electron chi connectivity index (χ2n) is 4.93. The van der Waals surface area contributed by atoms with E-state index in [-0.39, 0.29) is 30.1 Å². The van der Waals surface area contributed by atoms with Crippen molar-refractivity contribution in [1.29, 1.82) is 10.8 Å². The van der Waals surface area contributed by atoms with Crippen molar-refractivity contribution in [3.05, 3.63) is 24.3 Å². The summed E-state index contributed by atoms with van der Waals surface area (Å²) in [6, 6.07) is 5.94. The summed E-state index contributed by atoms with van der Waals surface area (Å²) in [4.78, 5) is 1.87. The zero-order valence-electron chi connectivity index (χ0n) is 12.4. The number of ether oxygens (including phenoxy) is 1. The van der Waals surface area contributed by atoms with Crippen LogP contribution < -0.4 is 15.4 Å². The molecule has 0 spiro atoms. The second-order valence-corrected chi connectivity index (χ2v) is 4.93. The molecule has 23 heavy (non-hydrogen) atoms. The van der Waals surface area contributed by atoms with Crippen molar-refractivity contribution >= 4 is 30.0 Å². The molecule has 1 fully saturated rings. The van der Waals surface area contributed by atoms with E-state index < -0.39 is 6.61 Å². The van der Waals surface area contributed by atoms with Gasteiger partial charge in [0, 0.05) is 24.8 Å². The van der Waals surface area contributed by atoms with Crippen LogP contribution in [0.15, 0.2) is 24.3 Å². The quantitative estimate of drug-likeness (QED) is 0.500. The van der Waals surface area contributed by atoms with E-state index in [4.69, 9.17) is 10.8 Å². The SMILES string of the molecule is Cl.N=C(NC(=N)N1CCCCC1)Nc1cccc(OC(F)F)c1. The molecule has 0 saturated carbocycles. The van der Waals surface area contributed by atoms with Gasteiger partial charge >= 0.3 is 6.61 Å². The summed E-state index contributed by atoms with van der Waals surface area (Å²) < 4.78 is 28.6. The lowest BCUT2D eigenvalue weighted by atomic mass is 10.1. The maximum absolute atomic E-state index is 12.2. The third-order valence-electron chi connectivity index (χ3n) is 3.24. The largest absolute Gasteiger partial charge is 0.435 e. The number of hydrogen-bond acceptors (Lipinski definition) is 3. The van der Waals surface area contributed by atoms with Gasteiger partial charge in [-0.2, -0.15) is 8.78 Å². The van der Waals surface area contributed by atoms with E-state index >= 15 is 0 Å². The van der Waals surface area contributed by atoms with Gasteiger partial charge in [0.1, 0.15) is 5.75 Å². The van der Waals surface area contributed by atoms with E-state index in [2.05, 4.69) is 15.4 Å². The highest BCUT2D eigenvalue weighted by atomic mass is 35.5. The topological polar surface area (TPSA) is 84.2 Å². The van der Waals surface area contributed by atoms with Crippen LogP contribution in [0.25, 0.3) is 0 Å². The van der Waals surface area contributed by atoms with Gasteiger partial charge in [-0.1, -0.05) is 6.07 Å². The minimum Gasteiger partial charge on any atom is -0.435 e. The molecule has 6 nitrogen and oxygen atoms in total. The molecule has 1 saturated heterocycles. The Kier molecular flexibility index (Phi) is 7.53.